The Balaban J connectivity index is 2.37. The van der Waals surface area contributed by atoms with Crippen molar-refractivity contribution >= 4 is 33.3 Å². The molecule has 0 bridgehead atoms. The topological polar surface area (TPSA) is 16.1 Å². The fourth-order valence-electron chi connectivity index (χ4n) is 1.98. The molecule has 0 fully saturated rings. The molecule has 0 spiro atoms. The van der Waals surface area contributed by atoms with Crippen molar-refractivity contribution in [1.82, 2.24) is 4.98 Å². The first-order valence-corrected chi connectivity index (χ1v) is 7.28. The number of halogens is 2. The first kappa shape index (κ1) is 14.4. The van der Waals surface area contributed by atoms with Crippen molar-refractivity contribution in [3.8, 4) is 0 Å². The highest BCUT2D eigenvalue weighted by molar-refractivity contribution is 9.10. The van der Waals surface area contributed by atoms with Crippen LogP contribution in [0.15, 0.2) is 41.0 Å². The summed E-state index contributed by atoms with van der Waals surface area (Å²) in [5, 5.41) is 0.783. The van der Waals surface area contributed by atoms with Crippen LogP contribution in [0.5, 0.6) is 0 Å². The number of hydrogen-bond acceptors (Lipinski definition) is 2. The van der Waals surface area contributed by atoms with Crippen LogP contribution in [0.2, 0.25) is 5.02 Å². The van der Waals surface area contributed by atoms with Gasteiger partial charge in [-0.05, 0) is 53.0 Å². The molecule has 1 heterocycles. The lowest BCUT2D eigenvalue weighted by molar-refractivity contribution is 0.726. The number of anilines is 1. The fourth-order valence-corrected chi connectivity index (χ4v) is 2.79. The molecule has 100 valence electrons. The van der Waals surface area contributed by atoms with Crippen LogP contribution in [-0.2, 0) is 0 Å². The molecule has 4 heteroatoms. The van der Waals surface area contributed by atoms with E-state index in [1.807, 2.05) is 43.6 Å². The van der Waals surface area contributed by atoms with Gasteiger partial charge in [0.1, 0.15) is 5.82 Å². The van der Waals surface area contributed by atoms with E-state index < -0.39 is 0 Å². The molecule has 2 nitrogen and oxygen atoms in total. The summed E-state index contributed by atoms with van der Waals surface area (Å²) in [6, 6.07) is 10.1. The lowest BCUT2D eigenvalue weighted by Gasteiger charge is -2.28. The number of pyridine rings is 1. The maximum Gasteiger partial charge on any atom is 0.143 e. The van der Waals surface area contributed by atoms with Gasteiger partial charge in [-0.2, -0.15) is 0 Å². The summed E-state index contributed by atoms with van der Waals surface area (Å²) in [5.41, 5.74) is 2.27. The number of rotatable bonds is 3. The Labute approximate surface area is 127 Å². The predicted molar refractivity (Wildman–Crippen MR) is 84.9 cm³/mol. The third-order valence-electron chi connectivity index (χ3n) is 3.33. The summed E-state index contributed by atoms with van der Waals surface area (Å²) < 4.78 is 1.02. The van der Waals surface area contributed by atoms with E-state index in [2.05, 4.69) is 39.7 Å². The Morgan fingerprint density at radius 2 is 1.95 bits per heavy atom. The highest BCUT2D eigenvalue weighted by atomic mass is 79.9. The Morgan fingerprint density at radius 3 is 2.63 bits per heavy atom. The van der Waals surface area contributed by atoms with Gasteiger partial charge in [0, 0.05) is 18.3 Å². The minimum atomic E-state index is 0.152. The van der Waals surface area contributed by atoms with Crippen molar-refractivity contribution in [2.45, 2.75) is 19.9 Å². The molecular weight excluding hydrogens is 324 g/mol. The first-order valence-electron chi connectivity index (χ1n) is 6.10. The smallest absolute Gasteiger partial charge is 0.143 e. The van der Waals surface area contributed by atoms with Crippen LogP contribution < -0.4 is 4.90 Å². The summed E-state index contributed by atoms with van der Waals surface area (Å²) in [7, 11) is 2.03. The van der Waals surface area contributed by atoms with Crippen LogP contribution in [-0.4, -0.2) is 12.0 Å². The van der Waals surface area contributed by atoms with E-state index in [-0.39, 0.29) is 6.04 Å². The molecule has 1 unspecified atom stereocenters. The van der Waals surface area contributed by atoms with Gasteiger partial charge in [0.05, 0.1) is 10.5 Å². The minimum absolute atomic E-state index is 0.152. The van der Waals surface area contributed by atoms with Gasteiger partial charge >= 0.3 is 0 Å². The molecular formula is C15H16BrClN2. The Kier molecular flexibility index (Phi) is 4.48. The van der Waals surface area contributed by atoms with Crippen LogP contribution in [0.25, 0.3) is 0 Å². The maximum atomic E-state index is 6.26. The van der Waals surface area contributed by atoms with E-state index >= 15 is 0 Å². The number of hydrogen-bond donors (Lipinski definition) is 0. The monoisotopic (exact) mass is 338 g/mol. The molecule has 0 radical (unpaired) electrons. The molecule has 2 aromatic rings. The fraction of sp³-hybridized carbons (Fsp3) is 0.267. The molecule has 0 amide bonds. The van der Waals surface area contributed by atoms with Gasteiger partial charge in [0.2, 0.25) is 0 Å². The van der Waals surface area contributed by atoms with Crippen LogP contribution in [0, 0.1) is 6.92 Å². The minimum Gasteiger partial charge on any atom is -0.352 e. The largest absolute Gasteiger partial charge is 0.352 e. The molecule has 1 aromatic heterocycles. The van der Waals surface area contributed by atoms with E-state index in [4.69, 9.17) is 11.6 Å². The van der Waals surface area contributed by atoms with Gasteiger partial charge in [-0.1, -0.05) is 29.8 Å². The quantitative estimate of drug-likeness (QED) is 0.782. The molecule has 0 saturated carbocycles. The van der Waals surface area contributed by atoms with Crippen molar-refractivity contribution < 1.29 is 0 Å². The zero-order valence-corrected chi connectivity index (χ0v) is 13.5. The highest BCUT2D eigenvalue weighted by Crippen LogP contribution is 2.33. The lowest BCUT2D eigenvalue weighted by atomic mass is 10.1. The highest BCUT2D eigenvalue weighted by Gasteiger charge is 2.18. The van der Waals surface area contributed by atoms with Gasteiger partial charge < -0.3 is 4.90 Å². The van der Waals surface area contributed by atoms with Gasteiger partial charge in [-0.3, -0.25) is 0 Å². The van der Waals surface area contributed by atoms with Gasteiger partial charge in [0.15, 0.2) is 0 Å². The molecule has 2 rings (SSSR count). The number of aromatic nitrogens is 1. The standard InChI is InChI=1S/C15H16BrClN2/c1-10-8-9-18-15(14(10)16)19(3)11(2)12-6-4-5-7-13(12)17/h4-9,11H,1-3H3. The summed E-state index contributed by atoms with van der Waals surface area (Å²) in [5.74, 6) is 0.924. The molecule has 1 aromatic carbocycles. The second-order valence-corrected chi connectivity index (χ2v) is 5.77. The zero-order chi connectivity index (χ0) is 14.0. The lowest BCUT2D eigenvalue weighted by Crippen LogP contribution is -2.23. The third-order valence-corrected chi connectivity index (χ3v) is 4.66. The number of aryl methyl sites for hydroxylation is 1. The molecule has 0 saturated heterocycles. The predicted octanol–water partition coefficient (Wildman–Crippen LogP) is 5.00. The Morgan fingerprint density at radius 1 is 1.26 bits per heavy atom. The summed E-state index contributed by atoms with van der Waals surface area (Å²) in [4.78, 5) is 6.57. The van der Waals surface area contributed by atoms with Crippen molar-refractivity contribution in [2.75, 3.05) is 11.9 Å². The van der Waals surface area contributed by atoms with Crippen molar-refractivity contribution in [1.29, 1.82) is 0 Å². The SMILES string of the molecule is Cc1ccnc(N(C)C(C)c2ccccc2Cl)c1Br. The third kappa shape index (κ3) is 2.93. The van der Waals surface area contributed by atoms with Crippen LogP contribution in [0.3, 0.4) is 0 Å². The molecule has 19 heavy (non-hydrogen) atoms. The maximum absolute atomic E-state index is 6.26. The van der Waals surface area contributed by atoms with E-state index in [1.54, 1.807) is 0 Å². The van der Waals surface area contributed by atoms with Gasteiger partial charge in [-0.25, -0.2) is 4.98 Å². The first-order chi connectivity index (χ1) is 9.02. The Bertz CT molecular complexity index is 586. The molecule has 0 aliphatic rings. The van der Waals surface area contributed by atoms with Crippen LogP contribution in [0.4, 0.5) is 5.82 Å². The number of nitrogens with zero attached hydrogens (tertiary/aromatic N) is 2. The van der Waals surface area contributed by atoms with Gasteiger partial charge in [-0.15, -0.1) is 0 Å². The van der Waals surface area contributed by atoms with E-state index in [0.717, 1.165) is 20.9 Å². The second kappa shape index (κ2) is 5.93. The normalized spacial score (nSPS) is 12.3. The summed E-state index contributed by atoms with van der Waals surface area (Å²) in [6.45, 7) is 4.18. The van der Waals surface area contributed by atoms with E-state index in [9.17, 15) is 0 Å². The van der Waals surface area contributed by atoms with E-state index in [0.29, 0.717) is 0 Å². The second-order valence-electron chi connectivity index (χ2n) is 4.57. The van der Waals surface area contributed by atoms with Crippen molar-refractivity contribution in [2.24, 2.45) is 0 Å². The van der Waals surface area contributed by atoms with Crippen LogP contribution in [0.1, 0.15) is 24.1 Å². The molecule has 1 atom stereocenters. The van der Waals surface area contributed by atoms with Gasteiger partial charge in [0.25, 0.3) is 0 Å². The van der Waals surface area contributed by atoms with Crippen molar-refractivity contribution in [3.05, 3.63) is 57.2 Å². The summed E-state index contributed by atoms with van der Waals surface area (Å²) in [6.07, 6.45) is 1.82. The zero-order valence-electron chi connectivity index (χ0n) is 11.2. The van der Waals surface area contributed by atoms with Crippen molar-refractivity contribution in [3.63, 3.8) is 0 Å². The molecule has 0 aliphatic heterocycles. The number of benzene rings is 1. The average molecular weight is 340 g/mol. The molecule has 0 N–H and O–H groups in total. The molecule has 0 aliphatic carbocycles. The average Bonchev–Trinajstić information content (AvgIpc) is 2.41. The Hall–Kier alpha value is -1.06. The van der Waals surface area contributed by atoms with Crippen LogP contribution >= 0.6 is 27.5 Å². The summed E-state index contributed by atoms with van der Waals surface area (Å²) >= 11 is 9.87. The van der Waals surface area contributed by atoms with E-state index in [1.165, 1.54) is 5.56 Å².